The average Bonchev–Trinajstić information content (AvgIpc) is 3.15. The highest BCUT2D eigenvalue weighted by Crippen LogP contribution is 2.22. The zero-order valence-corrected chi connectivity index (χ0v) is 18.7. The number of guanidine groups is 1. The summed E-state index contributed by atoms with van der Waals surface area (Å²) in [6.45, 7) is 15.5. The molecule has 0 saturated carbocycles. The highest BCUT2D eigenvalue weighted by Gasteiger charge is 2.21. The first-order chi connectivity index (χ1) is 14.0. The number of carbonyl (C=O) groups excluding carboxylic acids is 1. The van der Waals surface area contributed by atoms with Gasteiger partial charge < -0.3 is 20.1 Å². The number of amides is 1. The van der Waals surface area contributed by atoms with Gasteiger partial charge in [0.05, 0.1) is 12.2 Å². The summed E-state index contributed by atoms with van der Waals surface area (Å²) >= 11 is 0. The van der Waals surface area contributed by atoms with E-state index >= 15 is 0 Å². The Morgan fingerprint density at radius 3 is 2.48 bits per heavy atom. The first-order valence-corrected chi connectivity index (χ1v) is 11.0. The lowest BCUT2D eigenvalue weighted by Gasteiger charge is -2.36. The first kappa shape index (κ1) is 23.2. The van der Waals surface area contributed by atoms with Gasteiger partial charge in [-0.2, -0.15) is 0 Å². The number of aromatic nitrogens is 1. The van der Waals surface area contributed by atoms with Gasteiger partial charge in [0.15, 0.2) is 11.7 Å². The molecule has 2 heterocycles. The van der Waals surface area contributed by atoms with Crippen LogP contribution in [0.4, 0.5) is 0 Å². The Labute approximate surface area is 175 Å². The average molecular weight is 407 g/mol. The molecule has 1 aliphatic heterocycles. The molecule has 1 amide bonds. The van der Waals surface area contributed by atoms with Gasteiger partial charge in [-0.25, -0.2) is 4.99 Å². The van der Waals surface area contributed by atoms with E-state index in [4.69, 9.17) is 9.52 Å². The van der Waals surface area contributed by atoms with Crippen molar-refractivity contribution < 1.29 is 9.32 Å². The van der Waals surface area contributed by atoms with E-state index in [1.807, 2.05) is 19.9 Å². The third-order valence-electron chi connectivity index (χ3n) is 5.19. The lowest BCUT2D eigenvalue weighted by atomic mass is 9.99. The fraction of sp³-hybridized carbons (Fsp3) is 0.762. The molecule has 29 heavy (non-hydrogen) atoms. The highest BCUT2D eigenvalue weighted by molar-refractivity contribution is 5.80. The first-order valence-electron chi connectivity index (χ1n) is 11.0. The number of rotatable bonds is 9. The topological polar surface area (TPSA) is 86.0 Å². The molecule has 2 rings (SSSR count). The third-order valence-corrected chi connectivity index (χ3v) is 5.19. The van der Waals surface area contributed by atoms with Gasteiger partial charge in [0.1, 0.15) is 6.54 Å². The van der Waals surface area contributed by atoms with E-state index in [0.29, 0.717) is 19.0 Å². The molecule has 164 valence electrons. The van der Waals surface area contributed by atoms with Crippen LogP contribution in [0, 0.1) is 0 Å². The van der Waals surface area contributed by atoms with Crippen LogP contribution >= 0.6 is 0 Å². The fourth-order valence-corrected chi connectivity index (χ4v) is 3.57. The van der Waals surface area contributed by atoms with Gasteiger partial charge in [-0.05, 0) is 33.6 Å². The molecule has 0 atom stereocenters. The van der Waals surface area contributed by atoms with Crippen molar-refractivity contribution in [2.24, 2.45) is 4.99 Å². The third kappa shape index (κ3) is 7.34. The minimum Gasteiger partial charge on any atom is -0.359 e. The van der Waals surface area contributed by atoms with Crippen LogP contribution in [0.25, 0.3) is 0 Å². The number of nitrogens with one attached hydrogen (secondary N) is 2. The molecule has 0 spiro atoms. The Kier molecular flexibility index (Phi) is 9.44. The molecule has 0 aliphatic carbocycles. The van der Waals surface area contributed by atoms with Gasteiger partial charge in [0, 0.05) is 50.7 Å². The van der Waals surface area contributed by atoms with Crippen LogP contribution in [-0.2, 0) is 11.3 Å². The highest BCUT2D eigenvalue weighted by atomic mass is 16.5. The largest absolute Gasteiger partial charge is 0.359 e. The van der Waals surface area contributed by atoms with Gasteiger partial charge in [0.2, 0.25) is 5.91 Å². The summed E-state index contributed by atoms with van der Waals surface area (Å²) in [4.78, 5) is 21.2. The maximum absolute atomic E-state index is 12.0. The predicted molar refractivity (Wildman–Crippen MR) is 116 cm³/mol. The van der Waals surface area contributed by atoms with Gasteiger partial charge in [-0.3, -0.25) is 9.69 Å². The molecule has 0 bridgehead atoms. The Morgan fingerprint density at radius 1 is 1.21 bits per heavy atom. The zero-order valence-electron chi connectivity index (χ0n) is 18.7. The standard InChI is InChI=1S/C21H38N6O2/c1-6-17(7-2)19-13-18(29-25-19)14-23-21(22-8-3)27-11-9-26(10-12-27)15-20(28)24-16(4)5/h13,16-17H,6-12,14-15H2,1-5H3,(H,22,23)(H,24,28). The molecule has 8 nitrogen and oxygen atoms in total. The van der Waals surface area contributed by atoms with Gasteiger partial charge in [0.25, 0.3) is 0 Å². The Morgan fingerprint density at radius 2 is 1.90 bits per heavy atom. The number of nitrogens with zero attached hydrogens (tertiary/aromatic N) is 4. The number of carbonyl (C=O) groups is 1. The summed E-state index contributed by atoms with van der Waals surface area (Å²) in [7, 11) is 0. The van der Waals surface area contributed by atoms with Gasteiger partial charge in [-0.15, -0.1) is 0 Å². The van der Waals surface area contributed by atoms with Crippen LogP contribution in [-0.4, -0.2) is 72.1 Å². The van der Waals surface area contributed by atoms with E-state index in [2.05, 4.69) is 46.4 Å². The van der Waals surface area contributed by atoms with E-state index in [1.165, 1.54) is 0 Å². The monoisotopic (exact) mass is 406 g/mol. The molecule has 8 heteroatoms. The second kappa shape index (κ2) is 11.8. The summed E-state index contributed by atoms with van der Waals surface area (Å²) in [5.74, 6) is 2.23. The Balaban J connectivity index is 1.90. The van der Waals surface area contributed by atoms with Crippen LogP contribution in [0.2, 0.25) is 0 Å². The quantitative estimate of drug-likeness (QED) is 0.483. The molecule has 1 saturated heterocycles. The van der Waals surface area contributed by atoms with Crippen molar-refractivity contribution in [3.05, 3.63) is 17.5 Å². The summed E-state index contributed by atoms with van der Waals surface area (Å²) in [5, 5.41) is 10.6. The molecule has 1 aromatic rings. The summed E-state index contributed by atoms with van der Waals surface area (Å²) in [6.07, 6.45) is 2.13. The van der Waals surface area contributed by atoms with Gasteiger partial charge in [-0.1, -0.05) is 19.0 Å². The van der Waals surface area contributed by atoms with E-state index in [0.717, 1.165) is 63.0 Å². The van der Waals surface area contributed by atoms with Crippen LogP contribution in [0.1, 0.15) is 64.8 Å². The molecule has 2 N–H and O–H groups in total. The molecular weight excluding hydrogens is 368 g/mol. The fourth-order valence-electron chi connectivity index (χ4n) is 3.57. The molecule has 0 radical (unpaired) electrons. The van der Waals surface area contributed by atoms with Crippen molar-refractivity contribution in [3.8, 4) is 0 Å². The normalized spacial score (nSPS) is 16.0. The van der Waals surface area contributed by atoms with Crippen LogP contribution < -0.4 is 10.6 Å². The summed E-state index contributed by atoms with van der Waals surface area (Å²) in [5.41, 5.74) is 1.03. The van der Waals surface area contributed by atoms with Crippen molar-refractivity contribution in [1.29, 1.82) is 0 Å². The second-order valence-electron chi connectivity index (χ2n) is 7.89. The Hall–Kier alpha value is -2.09. The number of piperazine rings is 1. The van der Waals surface area contributed by atoms with Crippen molar-refractivity contribution in [2.45, 2.75) is 66.0 Å². The molecule has 1 aromatic heterocycles. The van der Waals surface area contributed by atoms with Crippen LogP contribution in [0.5, 0.6) is 0 Å². The lowest BCUT2D eigenvalue weighted by Crippen LogP contribution is -2.54. The van der Waals surface area contributed by atoms with Crippen LogP contribution in [0.3, 0.4) is 0 Å². The van der Waals surface area contributed by atoms with E-state index in [9.17, 15) is 4.79 Å². The molecule has 1 aliphatic rings. The predicted octanol–water partition coefficient (Wildman–Crippen LogP) is 2.19. The van der Waals surface area contributed by atoms with Crippen molar-refractivity contribution in [3.63, 3.8) is 0 Å². The molecule has 1 fully saturated rings. The molecular formula is C21H38N6O2. The molecule has 0 aromatic carbocycles. The van der Waals surface area contributed by atoms with Crippen molar-refractivity contribution in [2.75, 3.05) is 39.3 Å². The van der Waals surface area contributed by atoms with Crippen molar-refractivity contribution >= 4 is 11.9 Å². The maximum atomic E-state index is 12.0. The SMILES string of the molecule is CCNC(=NCc1cc(C(CC)CC)no1)N1CCN(CC(=O)NC(C)C)CC1. The van der Waals surface area contributed by atoms with E-state index in [-0.39, 0.29) is 11.9 Å². The van der Waals surface area contributed by atoms with Gasteiger partial charge >= 0.3 is 0 Å². The van der Waals surface area contributed by atoms with E-state index < -0.39 is 0 Å². The van der Waals surface area contributed by atoms with Crippen molar-refractivity contribution in [1.82, 2.24) is 25.6 Å². The number of aliphatic imine (C=N–C) groups is 1. The zero-order chi connectivity index (χ0) is 21.2. The van der Waals surface area contributed by atoms with E-state index in [1.54, 1.807) is 0 Å². The minimum atomic E-state index is 0.0904. The second-order valence-corrected chi connectivity index (χ2v) is 7.89. The Bertz CT molecular complexity index is 645. The number of hydrogen-bond acceptors (Lipinski definition) is 5. The summed E-state index contributed by atoms with van der Waals surface area (Å²) < 4.78 is 5.50. The maximum Gasteiger partial charge on any atom is 0.234 e. The number of hydrogen-bond donors (Lipinski definition) is 2. The smallest absolute Gasteiger partial charge is 0.234 e. The lowest BCUT2D eigenvalue weighted by molar-refractivity contribution is -0.123. The van der Waals surface area contributed by atoms with Crippen LogP contribution in [0.15, 0.2) is 15.6 Å². The minimum absolute atomic E-state index is 0.0904. The molecule has 0 unspecified atom stereocenters. The summed E-state index contributed by atoms with van der Waals surface area (Å²) in [6, 6.07) is 2.22.